The maximum atomic E-state index is 3.43. The van der Waals surface area contributed by atoms with Gasteiger partial charge in [-0.3, -0.25) is 4.90 Å². The van der Waals surface area contributed by atoms with E-state index in [0.29, 0.717) is 0 Å². The summed E-state index contributed by atoms with van der Waals surface area (Å²) in [5.74, 6) is 1.04. The van der Waals surface area contributed by atoms with Crippen LogP contribution in [0, 0.1) is 5.92 Å². The second-order valence-corrected chi connectivity index (χ2v) is 6.01. The Bertz CT molecular complexity index is 205. The Kier molecular flexibility index (Phi) is 5.30. The van der Waals surface area contributed by atoms with Crippen LogP contribution < -0.4 is 5.32 Å². The highest BCUT2D eigenvalue weighted by Crippen LogP contribution is 2.31. The van der Waals surface area contributed by atoms with Gasteiger partial charge in [0.15, 0.2) is 0 Å². The molecule has 2 rings (SSSR count). The molecule has 0 aromatic rings. The van der Waals surface area contributed by atoms with E-state index in [-0.39, 0.29) is 0 Å². The zero-order valence-electron chi connectivity index (χ0n) is 11.8. The number of nitrogens with zero attached hydrogens (tertiary/aromatic N) is 1. The highest BCUT2D eigenvalue weighted by Gasteiger charge is 2.32. The second-order valence-electron chi connectivity index (χ2n) is 6.01. The molecule has 2 nitrogen and oxygen atoms in total. The van der Waals surface area contributed by atoms with Crippen molar-refractivity contribution in [2.45, 2.75) is 70.9 Å². The molecule has 2 heteroatoms. The first-order valence-electron chi connectivity index (χ1n) is 7.81. The van der Waals surface area contributed by atoms with Crippen LogP contribution in [0.15, 0.2) is 0 Å². The summed E-state index contributed by atoms with van der Waals surface area (Å²) in [4.78, 5) is 2.82. The van der Waals surface area contributed by atoms with E-state index in [4.69, 9.17) is 0 Å². The van der Waals surface area contributed by atoms with Crippen molar-refractivity contribution >= 4 is 0 Å². The van der Waals surface area contributed by atoms with Gasteiger partial charge in [-0.15, -0.1) is 0 Å². The predicted molar refractivity (Wildman–Crippen MR) is 74.3 cm³/mol. The van der Waals surface area contributed by atoms with Gasteiger partial charge in [0.05, 0.1) is 0 Å². The monoisotopic (exact) mass is 238 g/mol. The molecule has 100 valence electrons. The Labute approximate surface area is 107 Å². The Balaban J connectivity index is 1.79. The molecule has 0 amide bonds. The second kappa shape index (κ2) is 6.75. The third-order valence-electron chi connectivity index (χ3n) is 4.69. The van der Waals surface area contributed by atoms with Crippen molar-refractivity contribution in [1.29, 1.82) is 0 Å². The molecule has 0 spiro atoms. The van der Waals surface area contributed by atoms with Crippen molar-refractivity contribution in [2.24, 2.45) is 5.92 Å². The molecule has 0 unspecified atom stereocenters. The molecular weight excluding hydrogens is 208 g/mol. The summed E-state index contributed by atoms with van der Waals surface area (Å²) in [7, 11) is 0. The molecule has 1 saturated heterocycles. The van der Waals surface area contributed by atoms with Crippen molar-refractivity contribution in [3.8, 4) is 0 Å². The van der Waals surface area contributed by atoms with Crippen molar-refractivity contribution < 1.29 is 0 Å². The van der Waals surface area contributed by atoms with Crippen LogP contribution in [0.3, 0.4) is 0 Å². The molecule has 1 saturated carbocycles. The maximum Gasteiger partial charge on any atom is 0.0348 e. The van der Waals surface area contributed by atoms with Crippen molar-refractivity contribution in [1.82, 2.24) is 10.2 Å². The van der Waals surface area contributed by atoms with E-state index in [1.165, 1.54) is 64.6 Å². The van der Waals surface area contributed by atoms with Gasteiger partial charge in [0.1, 0.15) is 0 Å². The first-order valence-corrected chi connectivity index (χ1v) is 7.81. The maximum absolute atomic E-state index is 3.43. The largest absolute Gasteiger partial charge is 0.314 e. The topological polar surface area (TPSA) is 15.3 Å². The summed E-state index contributed by atoms with van der Waals surface area (Å²) in [6, 6.07) is 1.75. The van der Waals surface area contributed by atoms with E-state index in [0.717, 1.165) is 18.0 Å². The van der Waals surface area contributed by atoms with Gasteiger partial charge < -0.3 is 5.32 Å². The third kappa shape index (κ3) is 3.45. The van der Waals surface area contributed by atoms with E-state index in [1.54, 1.807) is 0 Å². The Morgan fingerprint density at radius 1 is 0.941 bits per heavy atom. The Morgan fingerprint density at radius 3 is 2.12 bits per heavy atom. The van der Waals surface area contributed by atoms with Gasteiger partial charge in [-0.2, -0.15) is 0 Å². The number of hydrogen-bond donors (Lipinski definition) is 1. The van der Waals surface area contributed by atoms with E-state index < -0.39 is 0 Å². The van der Waals surface area contributed by atoms with Crippen molar-refractivity contribution in [3.05, 3.63) is 0 Å². The zero-order chi connectivity index (χ0) is 12.1. The molecule has 1 N–H and O–H groups in total. The van der Waals surface area contributed by atoms with Crippen molar-refractivity contribution in [2.75, 3.05) is 19.6 Å². The lowest BCUT2D eigenvalue weighted by molar-refractivity contribution is 0.0626. The molecule has 0 atom stereocenters. The third-order valence-corrected chi connectivity index (χ3v) is 4.69. The van der Waals surface area contributed by atoms with E-state index in [9.17, 15) is 0 Å². The highest BCUT2D eigenvalue weighted by molar-refractivity contribution is 4.90. The normalized spacial score (nSPS) is 30.5. The molecule has 0 radical (unpaired) electrons. The Hall–Kier alpha value is -0.0800. The lowest BCUT2D eigenvalue weighted by Crippen LogP contribution is -2.60. The van der Waals surface area contributed by atoms with Crippen LogP contribution in [0.1, 0.15) is 58.8 Å². The van der Waals surface area contributed by atoms with E-state index >= 15 is 0 Å². The summed E-state index contributed by atoms with van der Waals surface area (Å²) in [6.45, 7) is 8.43. The highest BCUT2D eigenvalue weighted by atomic mass is 15.3. The summed E-state index contributed by atoms with van der Waals surface area (Å²) < 4.78 is 0. The zero-order valence-corrected chi connectivity index (χ0v) is 11.8. The average Bonchev–Trinajstić information content (AvgIpc) is 2.28. The summed E-state index contributed by atoms with van der Waals surface area (Å²) in [6.07, 6.45) is 10.0. The first kappa shape index (κ1) is 13.4. The number of rotatable bonds is 6. The molecule has 2 aliphatic rings. The van der Waals surface area contributed by atoms with Gasteiger partial charge in [-0.1, -0.05) is 26.7 Å². The van der Waals surface area contributed by atoms with Crippen LogP contribution in [0.4, 0.5) is 0 Å². The lowest BCUT2D eigenvalue weighted by atomic mass is 9.82. The Morgan fingerprint density at radius 2 is 1.65 bits per heavy atom. The standard InChI is InChI=1S/C15H30N2/c1-3-5-13-6-8-14(9-7-13)17(10-4-2)15-11-16-12-15/h13-16H,3-12H2,1-2H3. The van der Waals surface area contributed by atoms with Crippen LogP contribution in [0.25, 0.3) is 0 Å². The molecule has 0 aromatic carbocycles. The molecule has 2 fully saturated rings. The SMILES string of the molecule is CCCC1CCC(N(CCC)C2CNC2)CC1. The fraction of sp³-hybridized carbons (Fsp3) is 1.00. The van der Waals surface area contributed by atoms with Crippen LogP contribution in [0.5, 0.6) is 0 Å². The van der Waals surface area contributed by atoms with Crippen LogP contribution in [-0.4, -0.2) is 36.6 Å². The van der Waals surface area contributed by atoms with Gasteiger partial charge >= 0.3 is 0 Å². The minimum atomic E-state index is 0.850. The van der Waals surface area contributed by atoms with Crippen LogP contribution in [-0.2, 0) is 0 Å². The molecule has 1 aliphatic carbocycles. The summed E-state index contributed by atoms with van der Waals surface area (Å²) in [5, 5.41) is 3.43. The number of hydrogen-bond acceptors (Lipinski definition) is 2. The van der Waals surface area contributed by atoms with Crippen LogP contribution in [0.2, 0.25) is 0 Å². The molecular formula is C15H30N2. The predicted octanol–water partition coefficient (Wildman–Crippen LogP) is 3.03. The van der Waals surface area contributed by atoms with Crippen LogP contribution >= 0.6 is 0 Å². The summed E-state index contributed by atoms with van der Waals surface area (Å²) >= 11 is 0. The molecule has 1 aliphatic heterocycles. The first-order chi connectivity index (χ1) is 8.35. The molecule has 1 heterocycles. The summed E-state index contributed by atoms with van der Waals surface area (Å²) in [5.41, 5.74) is 0. The number of nitrogens with one attached hydrogen (secondary N) is 1. The molecule has 17 heavy (non-hydrogen) atoms. The quantitative estimate of drug-likeness (QED) is 0.765. The van der Waals surface area contributed by atoms with E-state index in [1.807, 2.05) is 0 Å². The smallest absolute Gasteiger partial charge is 0.0348 e. The van der Waals surface area contributed by atoms with E-state index in [2.05, 4.69) is 24.1 Å². The fourth-order valence-corrected chi connectivity index (χ4v) is 3.60. The molecule has 0 bridgehead atoms. The van der Waals surface area contributed by atoms with Gasteiger partial charge in [0.25, 0.3) is 0 Å². The van der Waals surface area contributed by atoms with Crippen molar-refractivity contribution in [3.63, 3.8) is 0 Å². The fourth-order valence-electron chi connectivity index (χ4n) is 3.60. The van der Waals surface area contributed by atoms with Gasteiger partial charge in [0, 0.05) is 25.2 Å². The minimum Gasteiger partial charge on any atom is -0.314 e. The van der Waals surface area contributed by atoms with Gasteiger partial charge in [0.2, 0.25) is 0 Å². The average molecular weight is 238 g/mol. The van der Waals surface area contributed by atoms with Gasteiger partial charge in [-0.05, 0) is 44.6 Å². The minimum absolute atomic E-state index is 0.850. The molecule has 0 aromatic heterocycles. The lowest BCUT2D eigenvalue weighted by Gasteiger charge is -2.45. The van der Waals surface area contributed by atoms with Gasteiger partial charge in [-0.25, -0.2) is 0 Å².